The lowest BCUT2D eigenvalue weighted by Gasteiger charge is -2.21. The van der Waals surface area contributed by atoms with E-state index >= 15 is 0 Å². The molecule has 5 heteroatoms. The Morgan fingerprint density at radius 1 is 0.767 bits per heavy atom. The number of nitrogens with zero attached hydrogens (tertiary/aromatic N) is 2. The number of carbonyl (C=O) groups excluding carboxylic acids is 1. The van der Waals surface area contributed by atoms with E-state index in [-0.39, 0.29) is 18.5 Å². The third kappa shape index (κ3) is 6.84. The van der Waals surface area contributed by atoms with Crippen molar-refractivity contribution in [3.63, 3.8) is 0 Å². The molecule has 0 aliphatic carbocycles. The smallest absolute Gasteiger partial charge is 0.325 e. The predicted molar refractivity (Wildman–Crippen MR) is 119 cm³/mol. The number of hydrogen-bond acceptors (Lipinski definition) is 3. The lowest BCUT2D eigenvalue weighted by atomic mass is 10.0. The summed E-state index contributed by atoms with van der Waals surface area (Å²) in [6, 6.07) is 29.2. The monoisotopic (exact) mass is 399 g/mol. The van der Waals surface area contributed by atoms with E-state index in [9.17, 15) is 4.79 Å². The van der Waals surface area contributed by atoms with Crippen molar-refractivity contribution in [2.45, 2.75) is 31.5 Å². The number of carbonyl (C=O) groups is 1. The topological polar surface area (TPSA) is 69.3 Å². The Hall–Kier alpha value is -3.49. The number of nitrogens with one attached hydrogen (secondary N) is 2. The third-order valence-corrected chi connectivity index (χ3v) is 4.97. The van der Waals surface area contributed by atoms with Crippen LogP contribution in [0, 0.1) is 5.39 Å². The summed E-state index contributed by atoms with van der Waals surface area (Å²) in [7, 11) is 0. The molecule has 3 aromatic carbocycles. The van der Waals surface area contributed by atoms with Gasteiger partial charge >= 0.3 is 6.54 Å². The van der Waals surface area contributed by atoms with E-state index in [0.29, 0.717) is 19.4 Å². The average molecular weight is 400 g/mol. The second kappa shape index (κ2) is 11.5. The van der Waals surface area contributed by atoms with Crippen molar-refractivity contribution in [1.82, 2.24) is 10.6 Å². The van der Waals surface area contributed by atoms with Crippen molar-refractivity contribution in [1.29, 1.82) is 5.39 Å². The minimum atomic E-state index is -0.399. The van der Waals surface area contributed by atoms with E-state index in [4.69, 9.17) is 5.39 Å². The van der Waals surface area contributed by atoms with E-state index in [1.165, 1.54) is 0 Å². The predicted octanol–water partition coefficient (Wildman–Crippen LogP) is 3.97. The molecular formula is C25H27N4O+. The molecule has 0 saturated heterocycles. The largest absolute Gasteiger partial charge is 0.344 e. The Bertz CT molecular complexity index is 939. The van der Waals surface area contributed by atoms with Crippen molar-refractivity contribution in [3.05, 3.63) is 113 Å². The molecule has 3 aromatic rings. The summed E-state index contributed by atoms with van der Waals surface area (Å²) in [4.78, 5) is 16.4. The van der Waals surface area contributed by atoms with Gasteiger partial charge in [-0.1, -0.05) is 91.0 Å². The SMILES string of the molecule is N#[N+]C[C@@H](Cc1ccccc1)NC(=O)[C@H](Cc1ccccc1)NCc1ccccc1. The van der Waals surface area contributed by atoms with Gasteiger partial charge in [0, 0.05) is 13.0 Å². The highest BCUT2D eigenvalue weighted by molar-refractivity contribution is 5.82. The van der Waals surface area contributed by atoms with Crippen molar-refractivity contribution in [2.24, 2.45) is 0 Å². The van der Waals surface area contributed by atoms with Crippen LogP contribution < -0.4 is 10.6 Å². The minimum Gasteiger partial charge on any atom is -0.344 e. The van der Waals surface area contributed by atoms with Gasteiger partial charge in [0.2, 0.25) is 11.3 Å². The zero-order valence-electron chi connectivity index (χ0n) is 16.9. The summed E-state index contributed by atoms with van der Waals surface area (Å²) in [5.74, 6) is -0.0978. The molecule has 0 saturated carbocycles. The lowest BCUT2D eigenvalue weighted by Crippen LogP contribution is -2.50. The van der Waals surface area contributed by atoms with Crippen molar-refractivity contribution in [3.8, 4) is 0 Å². The fraction of sp³-hybridized carbons (Fsp3) is 0.240. The van der Waals surface area contributed by atoms with Gasteiger partial charge in [-0.25, -0.2) is 0 Å². The van der Waals surface area contributed by atoms with Gasteiger partial charge in [0.1, 0.15) is 11.0 Å². The first-order chi connectivity index (χ1) is 14.7. The van der Waals surface area contributed by atoms with Gasteiger partial charge in [0.15, 0.2) is 0 Å². The van der Waals surface area contributed by atoms with Crippen LogP contribution in [0.2, 0.25) is 0 Å². The molecule has 0 spiro atoms. The van der Waals surface area contributed by atoms with Crippen LogP contribution >= 0.6 is 0 Å². The Kier molecular flexibility index (Phi) is 8.13. The number of rotatable bonds is 10. The lowest BCUT2D eigenvalue weighted by molar-refractivity contribution is -0.123. The highest BCUT2D eigenvalue weighted by Crippen LogP contribution is 2.08. The molecule has 0 heterocycles. The number of amides is 1. The first-order valence-corrected chi connectivity index (χ1v) is 10.2. The number of benzene rings is 3. The van der Waals surface area contributed by atoms with Gasteiger partial charge in [0.25, 0.3) is 0 Å². The van der Waals surface area contributed by atoms with Crippen LogP contribution in [0.15, 0.2) is 91.0 Å². The summed E-state index contributed by atoms with van der Waals surface area (Å²) in [6.07, 6.45) is 1.18. The molecule has 1 amide bonds. The molecule has 2 atom stereocenters. The summed E-state index contributed by atoms with van der Waals surface area (Å²) in [5.41, 5.74) is 3.29. The number of diazo groups is 1. The molecule has 5 nitrogen and oxygen atoms in total. The standard InChI is InChI=1S/C25H26N4O/c26-28-19-23(16-20-10-4-1-5-11-20)29-25(30)24(17-21-12-6-2-7-13-21)27-18-22-14-8-3-9-15-22/h1-15,23-24,27H,16-19H2/p+1/t23-,24+/m1/s1. The second-order valence-electron chi connectivity index (χ2n) is 7.33. The Morgan fingerprint density at radius 2 is 1.27 bits per heavy atom. The highest BCUT2D eigenvalue weighted by atomic mass is 16.2. The van der Waals surface area contributed by atoms with Gasteiger partial charge in [-0.3, -0.25) is 4.79 Å². The van der Waals surface area contributed by atoms with Crippen LogP contribution in [-0.2, 0) is 24.2 Å². The zero-order chi connectivity index (χ0) is 21.0. The van der Waals surface area contributed by atoms with Crippen LogP contribution in [0.25, 0.3) is 4.98 Å². The molecule has 0 unspecified atom stereocenters. The van der Waals surface area contributed by atoms with Gasteiger partial charge in [0.05, 0.1) is 6.04 Å². The van der Waals surface area contributed by atoms with E-state index in [0.717, 1.165) is 16.7 Å². The molecule has 0 radical (unpaired) electrons. The maximum absolute atomic E-state index is 13.1. The molecule has 0 aromatic heterocycles. The molecule has 30 heavy (non-hydrogen) atoms. The highest BCUT2D eigenvalue weighted by Gasteiger charge is 2.24. The van der Waals surface area contributed by atoms with Crippen molar-refractivity contribution < 1.29 is 4.79 Å². The Morgan fingerprint density at radius 3 is 1.80 bits per heavy atom. The zero-order valence-corrected chi connectivity index (χ0v) is 16.9. The van der Waals surface area contributed by atoms with E-state index in [2.05, 4.69) is 15.6 Å². The fourth-order valence-electron chi connectivity index (χ4n) is 3.40. The maximum atomic E-state index is 13.1. The number of hydrogen-bond donors (Lipinski definition) is 2. The second-order valence-corrected chi connectivity index (χ2v) is 7.33. The molecule has 2 N–H and O–H groups in total. The summed E-state index contributed by atoms with van der Waals surface area (Å²) >= 11 is 0. The molecule has 0 fully saturated rings. The average Bonchev–Trinajstić information content (AvgIpc) is 2.79. The van der Waals surface area contributed by atoms with Gasteiger partial charge < -0.3 is 10.6 Å². The first-order valence-electron chi connectivity index (χ1n) is 10.2. The minimum absolute atomic E-state index is 0.0978. The first kappa shape index (κ1) is 21.2. The molecule has 0 aliphatic rings. The van der Waals surface area contributed by atoms with Crippen molar-refractivity contribution >= 4 is 5.91 Å². The summed E-state index contributed by atoms with van der Waals surface area (Å²) in [5, 5.41) is 15.6. The molecular weight excluding hydrogens is 372 g/mol. The quantitative estimate of drug-likeness (QED) is 0.507. The van der Waals surface area contributed by atoms with E-state index < -0.39 is 6.04 Å². The van der Waals surface area contributed by atoms with Crippen LogP contribution in [0.1, 0.15) is 16.7 Å². The molecule has 152 valence electrons. The Labute approximate surface area is 177 Å². The van der Waals surface area contributed by atoms with Gasteiger partial charge in [-0.05, 0) is 23.1 Å². The van der Waals surface area contributed by atoms with Crippen LogP contribution in [-0.4, -0.2) is 24.5 Å². The molecule has 0 aliphatic heterocycles. The molecule has 0 bridgehead atoms. The maximum Gasteiger partial charge on any atom is 0.325 e. The molecule has 3 rings (SSSR count). The fourth-order valence-corrected chi connectivity index (χ4v) is 3.40. The summed E-state index contributed by atoms with van der Waals surface area (Å²) in [6.45, 7) is 0.747. The van der Waals surface area contributed by atoms with E-state index in [1.807, 2.05) is 91.0 Å². The third-order valence-electron chi connectivity index (χ3n) is 4.97. The van der Waals surface area contributed by atoms with Gasteiger partial charge in [-0.15, -0.1) is 0 Å². The Balaban J connectivity index is 1.69. The van der Waals surface area contributed by atoms with Gasteiger partial charge in [-0.2, -0.15) is 0 Å². The van der Waals surface area contributed by atoms with Crippen molar-refractivity contribution in [2.75, 3.05) is 6.54 Å². The van der Waals surface area contributed by atoms with Crippen LogP contribution in [0.4, 0.5) is 0 Å². The summed E-state index contributed by atoms with van der Waals surface area (Å²) < 4.78 is 0. The van der Waals surface area contributed by atoms with E-state index in [1.54, 1.807) is 0 Å². The van der Waals surface area contributed by atoms with Crippen LogP contribution in [0.5, 0.6) is 0 Å². The normalized spacial score (nSPS) is 12.5. The van der Waals surface area contributed by atoms with Crippen LogP contribution in [0.3, 0.4) is 0 Å².